The number of esters is 1. The number of aliphatic hydroxyl groups excluding tert-OH is 1. The van der Waals surface area contributed by atoms with Gasteiger partial charge in [0.05, 0.1) is 6.61 Å². The zero-order valence-electron chi connectivity index (χ0n) is 8.15. The van der Waals surface area contributed by atoms with E-state index in [0.29, 0.717) is 6.61 Å². The van der Waals surface area contributed by atoms with E-state index in [4.69, 9.17) is 4.74 Å². The molecular weight excluding hydrogens is 172 g/mol. The Kier molecular flexibility index (Phi) is 3.24. The number of carbonyl (C=O) groups excluding carboxylic acids is 1. The monoisotopic (exact) mass is 188 g/mol. The number of rotatable bonds is 2. The highest BCUT2D eigenvalue weighted by molar-refractivity contribution is 5.74. The molecule has 1 heterocycles. The van der Waals surface area contributed by atoms with E-state index < -0.39 is 12.1 Å². The van der Waals surface area contributed by atoms with Gasteiger partial charge in [0.15, 0.2) is 0 Å². The molecule has 1 rings (SSSR count). The zero-order chi connectivity index (χ0) is 10.0. The van der Waals surface area contributed by atoms with E-state index in [1.807, 2.05) is 6.92 Å². The Balaban J connectivity index is 2.62. The van der Waals surface area contributed by atoms with Crippen LogP contribution >= 0.6 is 0 Å². The van der Waals surface area contributed by atoms with Gasteiger partial charge in [-0.05, 0) is 13.8 Å². The minimum Gasteiger partial charge on any atom is -0.466 e. The van der Waals surface area contributed by atoms with Crippen LogP contribution in [0.2, 0.25) is 0 Å². The Labute approximate surface area is 77.6 Å². The fourth-order valence-corrected chi connectivity index (χ4v) is 1.54. The molecule has 1 aliphatic heterocycles. The van der Waals surface area contributed by atoms with Gasteiger partial charge in [-0.2, -0.15) is 0 Å². The molecule has 0 aliphatic carbocycles. The highest BCUT2D eigenvalue weighted by Crippen LogP contribution is 2.20. The van der Waals surface area contributed by atoms with E-state index in [9.17, 15) is 9.90 Å². The van der Waals surface area contributed by atoms with Crippen molar-refractivity contribution >= 4 is 5.97 Å². The Bertz CT molecular complexity index is 198. The van der Waals surface area contributed by atoms with Gasteiger partial charge in [-0.15, -0.1) is 0 Å². The highest BCUT2D eigenvalue weighted by atomic mass is 16.5. The predicted molar refractivity (Wildman–Crippen MR) is 46.5 cm³/mol. The molecule has 0 aromatic heterocycles. The third-order valence-electron chi connectivity index (χ3n) is 2.22. The molecule has 0 aromatic carbocycles. The van der Waals surface area contributed by atoms with Crippen molar-refractivity contribution in [1.82, 2.24) is 10.4 Å². The first-order valence-corrected chi connectivity index (χ1v) is 4.41. The van der Waals surface area contributed by atoms with Gasteiger partial charge in [-0.25, -0.2) is 10.4 Å². The van der Waals surface area contributed by atoms with Crippen molar-refractivity contribution in [3.8, 4) is 0 Å². The molecule has 3 atom stereocenters. The second-order valence-electron chi connectivity index (χ2n) is 3.22. The van der Waals surface area contributed by atoms with Crippen LogP contribution in [0.5, 0.6) is 0 Å². The molecule has 0 radical (unpaired) electrons. The number of nitrogens with zero attached hydrogens (tertiary/aromatic N) is 1. The van der Waals surface area contributed by atoms with Crippen molar-refractivity contribution in [1.29, 1.82) is 0 Å². The maximum absolute atomic E-state index is 11.4. The molecule has 5 nitrogen and oxygen atoms in total. The molecular formula is C8H16N2O3. The predicted octanol–water partition coefficient (Wildman–Crippen LogP) is -0.677. The lowest BCUT2D eigenvalue weighted by atomic mass is 10.0. The minimum atomic E-state index is -0.797. The summed E-state index contributed by atoms with van der Waals surface area (Å²) in [4.78, 5) is 11.4. The Morgan fingerprint density at radius 2 is 2.31 bits per heavy atom. The van der Waals surface area contributed by atoms with Crippen molar-refractivity contribution in [3.63, 3.8) is 0 Å². The van der Waals surface area contributed by atoms with Crippen molar-refractivity contribution in [2.45, 2.75) is 26.1 Å². The first-order valence-electron chi connectivity index (χ1n) is 4.41. The second-order valence-corrected chi connectivity index (χ2v) is 3.22. The maximum atomic E-state index is 11.4. The molecule has 2 N–H and O–H groups in total. The van der Waals surface area contributed by atoms with Crippen LogP contribution in [-0.2, 0) is 9.53 Å². The zero-order valence-corrected chi connectivity index (χ0v) is 8.15. The topological polar surface area (TPSA) is 61.8 Å². The van der Waals surface area contributed by atoms with Crippen LogP contribution in [0.1, 0.15) is 13.8 Å². The van der Waals surface area contributed by atoms with Crippen molar-refractivity contribution < 1.29 is 14.6 Å². The number of ether oxygens (including phenoxy) is 1. The van der Waals surface area contributed by atoms with Gasteiger partial charge in [0.1, 0.15) is 12.1 Å². The van der Waals surface area contributed by atoms with Crippen LogP contribution in [0.25, 0.3) is 0 Å². The van der Waals surface area contributed by atoms with Crippen LogP contribution in [0, 0.1) is 5.92 Å². The van der Waals surface area contributed by atoms with Gasteiger partial charge < -0.3 is 9.84 Å². The first-order chi connectivity index (χ1) is 6.07. The molecule has 3 unspecified atom stereocenters. The Morgan fingerprint density at radius 1 is 1.69 bits per heavy atom. The summed E-state index contributed by atoms with van der Waals surface area (Å²) in [6, 6.07) is -0.0842. The SMILES string of the molecule is CCOC(=O)C1C(C)NN(C)C1O. The van der Waals surface area contributed by atoms with E-state index >= 15 is 0 Å². The normalized spacial score (nSPS) is 34.9. The Morgan fingerprint density at radius 3 is 2.69 bits per heavy atom. The van der Waals surface area contributed by atoms with Crippen LogP contribution < -0.4 is 5.43 Å². The number of nitrogens with one attached hydrogen (secondary N) is 1. The largest absolute Gasteiger partial charge is 0.466 e. The van der Waals surface area contributed by atoms with E-state index in [1.165, 1.54) is 5.01 Å². The van der Waals surface area contributed by atoms with Gasteiger partial charge >= 0.3 is 5.97 Å². The summed E-state index contributed by atoms with van der Waals surface area (Å²) in [6.45, 7) is 3.94. The molecule has 0 bridgehead atoms. The molecule has 0 spiro atoms. The summed E-state index contributed by atoms with van der Waals surface area (Å²) < 4.78 is 4.85. The van der Waals surface area contributed by atoms with Crippen LogP contribution in [0.3, 0.4) is 0 Å². The van der Waals surface area contributed by atoms with Crippen molar-refractivity contribution in [2.75, 3.05) is 13.7 Å². The number of hydrogen-bond donors (Lipinski definition) is 2. The second kappa shape index (κ2) is 4.04. The smallest absolute Gasteiger partial charge is 0.314 e. The molecule has 13 heavy (non-hydrogen) atoms. The minimum absolute atomic E-state index is 0.0842. The third-order valence-corrected chi connectivity index (χ3v) is 2.22. The lowest BCUT2D eigenvalue weighted by Gasteiger charge is -2.16. The summed E-state index contributed by atoms with van der Waals surface area (Å²) in [5.74, 6) is -0.843. The molecule has 0 amide bonds. The number of aliphatic hydroxyl groups is 1. The fourth-order valence-electron chi connectivity index (χ4n) is 1.54. The molecule has 0 saturated carbocycles. The van der Waals surface area contributed by atoms with E-state index in [2.05, 4.69) is 5.43 Å². The molecule has 1 saturated heterocycles. The standard InChI is InChI=1S/C8H16N2O3/c1-4-13-8(12)6-5(2)9-10(3)7(6)11/h5-7,9,11H,4H2,1-3H3. The summed E-state index contributed by atoms with van der Waals surface area (Å²) in [6.07, 6.45) is -0.797. The number of hydrogen-bond acceptors (Lipinski definition) is 5. The fraction of sp³-hybridized carbons (Fsp3) is 0.875. The molecule has 76 valence electrons. The molecule has 1 fully saturated rings. The first kappa shape index (κ1) is 10.4. The van der Waals surface area contributed by atoms with Crippen LogP contribution in [0.15, 0.2) is 0 Å². The lowest BCUT2D eigenvalue weighted by Crippen LogP contribution is -2.36. The lowest BCUT2D eigenvalue weighted by molar-refractivity contribution is -0.153. The molecule has 5 heteroatoms. The van der Waals surface area contributed by atoms with E-state index in [1.54, 1.807) is 14.0 Å². The maximum Gasteiger partial charge on any atom is 0.314 e. The molecule has 0 aromatic rings. The highest BCUT2D eigenvalue weighted by Gasteiger charge is 2.42. The Hall–Kier alpha value is -0.650. The quantitative estimate of drug-likeness (QED) is 0.562. The van der Waals surface area contributed by atoms with Gasteiger partial charge in [0.2, 0.25) is 0 Å². The van der Waals surface area contributed by atoms with E-state index in [-0.39, 0.29) is 12.0 Å². The van der Waals surface area contributed by atoms with Crippen molar-refractivity contribution in [3.05, 3.63) is 0 Å². The van der Waals surface area contributed by atoms with Crippen molar-refractivity contribution in [2.24, 2.45) is 5.92 Å². The molecule has 1 aliphatic rings. The third kappa shape index (κ3) is 1.99. The van der Waals surface area contributed by atoms with Crippen LogP contribution in [-0.4, -0.2) is 42.0 Å². The van der Waals surface area contributed by atoms with E-state index in [0.717, 1.165) is 0 Å². The van der Waals surface area contributed by atoms with Gasteiger partial charge in [0, 0.05) is 13.1 Å². The summed E-state index contributed by atoms with van der Waals surface area (Å²) in [5.41, 5.74) is 2.94. The summed E-state index contributed by atoms with van der Waals surface area (Å²) in [7, 11) is 1.69. The van der Waals surface area contributed by atoms with Gasteiger partial charge in [0.25, 0.3) is 0 Å². The van der Waals surface area contributed by atoms with Gasteiger partial charge in [-0.1, -0.05) is 0 Å². The average Bonchev–Trinajstić information content (AvgIpc) is 2.27. The van der Waals surface area contributed by atoms with Gasteiger partial charge in [-0.3, -0.25) is 4.79 Å². The van der Waals surface area contributed by atoms with Crippen LogP contribution in [0.4, 0.5) is 0 Å². The summed E-state index contributed by atoms with van der Waals surface area (Å²) in [5, 5.41) is 11.1. The number of carbonyl (C=O) groups is 1. The number of hydrazine groups is 1. The average molecular weight is 188 g/mol. The summed E-state index contributed by atoms with van der Waals surface area (Å²) >= 11 is 0.